The van der Waals surface area contributed by atoms with Crippen LogP contribution in [0.4, 0.5) is 22.7 Å². The molecular formula is C27H31N7O3S. The minimum Gasteiger partial charge on any atom is -0.371 e. The quantitative estimate of drug-likeness (QED) is 0.396. The van der Waals surface area contributed by atoms with E-state index in [2.05, 4.69) is 39.0 Å². The van der Waals surface area contributed by atoms with Crippen LogP contribution in [0.1, 0.15) is 5.56 Å². The summed E-state index contributed by atoms with van der Waals surface area (Å²) in [4.78, 5) is 24.3. The lowest BCUT2D eigenvalue weighted by Gasteiger charge is -2.38. The van der Waals surface area contributed by atoms with Gasteiger partial charge < -0.3 is 19.3 Å². The van der Waals surface area contributed by atoms with Gasteiger partial charge in [0.15, 0.2) is 9.84 Å². The first kappa shape index (κ1) is 24.5. The summed E-state index contributed by atoms with van der Waals surface area (Å²) >= 11 is 0. The SMILES string of the molecule is Cc1cc2c(N3CCN(C)c4cc(-c5cnn(C)c5)ncc43)cc(N3CCS(=O)(=O)CC3)cc2n(C)c1=O. The van der Waals surface area contributed by atoms with Gasteiger partial charge in [0.25, 0.3) is 5.56 Å². The van der Waals surface area contributed by atoms with E-state index < -0.39 is 9.84 Å². The number of pyridine rings is 2. The maximum absolute atomic E-state index is 12.9. The molecule has 4 aromatic rings. The highest BCUT2D eigenvalue weighted by molar-refractivity contribution is 7.91. The number of aryl methyl sites for hydroxylation is 3. The topological polar surface area (TPSA) is 96.6 Å². The molecule has 11 heteroatoms. The van der Waals surface area contributed by atoms with Crippen molar-refractivity contribution in [2.24, 2.45) is 14.1 Å². The summed E-state index contributed by atoms with van der Waals surface area (Å²) in [5.74, 6) is 0.261. The van der Waals surface area contributed by atoms with Crippen molar-refractivity contribution in [3.05, 3.63) is 58.8 Å². The first-order valence-electron chi connectivity index (χ1n) is 12.7. The third kappa shape index (κ3) is 4.10. The van der Waals surface area contributed by atoms with Crippen molar-refractivity contribution >= 4 is 43.5 Å². The van der Waals surface area contributed by atoms with Gasteiger partial charge >= 0.3 is 0 Å². The van der Waals surface area contributed by atoms with Crippen molar-refractivity contribution < 1.29 is 8.42 Å². The minimum atomic E-state index is -3.02. The normalized spacial score (nSPS) is 17.2. The van der Waals surface area contributed by atoms with E-state index in [4.69, 9.17) is 4.98 Å². The lowest BCUT2D eigenvalue weighted by molar-refractivity contribution is 0.587. The second kappa shape index (κ2) is 8.87. The van der Waals surface area contributed by atoms with Crippen LogP contribution in [0.25, 0.3) is 22.2 Å². The Morgan fingerprint density at radius 3 is 2.34 bits per heavy atom. The molecule has 0 N–H and O–H groups in total. The number of aromatic nitrogens is 4. The highest BCUT2D eigenvalue weighted by Crippen LogP contribution is 2.42. The molecule has 0 atom stereocenters. The summed E-state index contributed by atoms with van der Waals surface area (Å²) in [6.07, 6.45) is 5.68. The molecule has 1 aromatic carbocycles. The van der Waals surface area contributed by atoms with E-state index in [1.807, 2.05) is 44.7 Å². The van der Waals surface area contributed by atoms with Crippen LogP contribution in [0.15, 0.2) is 47.7 Å². The van der Waals surface area contributed by atoms with Gasteiger partial charge in [-0.3, -0.25) is 14.5 Å². The number of benzene rings is 1. The predicted molar refractivity (Wildman–Crippen MR) is 152 cm³/mol. The van der Waals surface area contributed by atoms with Gasteiger partial charge in [0, 0.05) is 75.7 Å². The molecule has 198 valence electrons. The average Bonchev–Trinajstić information content (AvgIpc) is 3.33. The van der Waals surface area contributed by atoms with E-state index in [9.17, 15) is 13.2 Å². The Labute approximate surface area is 221 Å². The van der Waals surface area contributed by atoms with Crippen molar-refractivity contribution in [3.8, 4) is 11.3 Å². The van der Waals surface area contributed by atoms with E-state index in [1.165, 1.54) is 0 Å². The van der Waals surface area contributed by atoms with Gasteiger partial charge in [-0.1, -0.05) is 0 Å². The molecule has 10 nitrogen and oxygen atoms in total. The Morgan fingerprint density at radius 1 is 0.868 bits per heavy atom. The van der Waals surface area contributed by atoms with Crippen molar-refractivity contribution in [2.75, 3.05) is 59.4 Å². The van der Waals surface area contributed by atoms with E-state index in [0.29, 0.717) is 18.7 Å². The first-order chi connectivity index (χ1) is 18.1. The maximum Gasteiger partial charge on any atom is 0.253 e. The van der Waals surface area contributed by atoms with Gasteiger partial charge in [-0.2, -0.15) is 5.10 Å². The van der Waals surface area contributed by atoms with Crippen molar-refractivity contribution in [1.29, 1.82) is 0 Å². The second-order valence-electron chi connectivity index (χ2n) is 10.3. The molecule has 2 aliphatic heterocycles. The fourth-order valence-corrected chi connectivity index (χ4v) is 6.67. The average molecular weight is 534 g/mol. The zero-order chi connectivity index (χ0) is 26.8. The molecule has 0 amide bonds. The molecule has 38 heavy (non-hydrogen) atoms. The van der Waals surface area contributed by atoms with Gasteiger partial charge in [0.1, 0.15) is 0 Å². The van der Waals surface area contributed by atoms with Crippen LogP contribution >= 0.6 is 0 Å². The molecule has 1 fully saturated rings. The van der Waals surface area contributed by atoms with Crippen molar-refractivity contribution in [1.82, 2.24) is 19.3 Å². The van der Waals surface area contributed by atoms with E-state index in [0.717, 1.165) is 58.0 Å². The Balaban J connectivity index is 1.52. The number of fused-ring (bicyclic) bond motifs is 2. The minimum absolute atomic E-state index is 0.0385. The number of hydrogen-bond donors (Lipinski definition) is 0. The fraction of sp³-hybridized carbons (Fsp3) is 0.370. The highest BCUT2D eigenvalue weighted by Gasteiger charge is 2.28. The Kier molecular flexibility index (Phi) is 5.71. The van der Waals surface area contributed by atoms with Crippen LogP contribution in [-0.4, -0.2) is 72.5 Å². The molecule has 0 spiro atoms. The number of likely N-dealkylation sites (N-methyl/N-ethyl adjacent to an activating group) is 1. The van der Waals surface area contributed by atoms with Crippen LogP contribution in [0.5, 0.6) is 0 Å². The zero-order valence-corrected chi connectivity index (χ0v) is 22.9. The number of hydrogen-bond acceptors (Lipinski definition) is 8. The summed E-state index contributed by atoms with van der Waals surface area (Å²) < 4.78 is 27.6. The molecule has 2 aliphatic rings. The molecular weight excluding hydrogens is 502 g/mol. The lowest BCUT2D eigenvalue weighted by Crippen LogP contribution is -2.40. The summed E-state index contributed by atoms with van der Waals surface area (Å²) in [5.41, 5.74) is 7.22. The third-order valence-electron chi connectivity index (χ3n) is 7.71. The standard InChI is InChI=1S/C27H31N7O3S/c1-18-11-21-23(32(4)27(18)35)12-20(33-7-9-38(36,37)10-8-33)13-24(21)34-6-5-30(2)25-14-22(28-16-26(25)34)19-15-29-31(3)17-19/h11-17H,5-10H2,1-4H3. The van der Waals surface area contributed by atoms with Gasteiger partial charge in [-0.05, 0) is 31.2 Å². The molecule has 0 saturated carbocycles. The van der Waals surface area contributed by atoms with Crippen LogP contribution in [-0.2, 0) is 23.9 Å². The molecule has 0 aliphatic carbocycles. The van der Waals surface area contributed by atoms with Crippen molar-refractivity contribution in [2.45, 2.75) is 6.92 Å². The molecule has 3 aromatic heterocycles. The molecule has 6 rings (SSSR count). The van der Waals surface area contributed by atoms with Crippen molar-refractivity contribution in [3.63, 3.8) is 0 Å². The second-order valence-corrected chi connectivity index (χ2v) is 12.6. The fourth-order valence-electron chi connectivity index (χ4n) is 5.47. The Morgan fingerprint density at radius 2 is 1.63 bits per heavy atom. The van der Waals surface area contributed by atoms with E-state index in [-0.39, 0.29) is 17.1 Å². The van der Waals surface area contributed by atoms with Crippen LogP contribution < -0.4 is 20.3 Å². The highest BCUT2D eigenvalue weighted by atomic mass is 32.2. The largest absolute Gasteiger partial charge is 0.371 e. The Bertz CT molecular complexity index is 1730. The maximum atomic E-state index is 12.9. The first-order valence-corrected chi connectivity index (χ1v) is 14.5. The number of rotatable bonds is 3. The van der Waals surface area contributed by atoms with Gasteiger partial charge in [0.05, 0.1) is 52.2 Å². The van der Waals surface area contributed by atoms with Gasteiger partial charge in [-0.15, -0.1) is 0 Å². The summed E-state index contributed by atoms with van der Waals surface area (Å²) in [5, 5.41) is 5.27. The molecule has 0 radical (unpaired) electrons. The van der Waals surface area contributed by atoms with Gasteiger partial charge in [-0.25, -0.2) is 8.42 Å². The third-order valence-corrected chi connectivity index (χ3v) is 9.32. The lowest BCUT2D eigenvalue weighted by atomic mass is 10.1. The summed E-state index contributed by atoms with van der Waals surface area (Å²) in [7, 11) is 2.75. The monoisotopic (exact) mass is 533 g/mol. The predicted octanol–water partition coefficient (Wildman–Crippen LogP) is 2.47. The number of sulfone groups is 1. The molecule has 1 saturated heterocycles. The van der Waals surface area contributed by atoms with E-state index >= 15 is 0 Å². The number of nitrogens with zero attached hydrogens (tertiary/aromatic N) is 7. The molecule has 0 unspecified atom stereocenters. The van der Waals surface area contributed by atoms with Crippen LogP contribution in [0, 0.1) is 6.92 Å². The molecule has 0 bridgehead atoms. The molecule has 5 heterocycles. The smallest absolute Gasteiger partial charge is 0.253 e. The summed E-state index contributed by atoms with van der Waals surface area (Å²) in [6, 6.07) is 8.21. The van der Waals surface area contributed by atoms with Crippen LogP contribution in [0.2, 0.25) is 0 Å². The zero-order valence-electron chi connectivity index (χ0n) is 22.0. The number of anilines is 4. The van der Waals surface area contributed by atoms with E-state index in [1.54, 1.807) is 16.3 Å². The summed E-state index contributed by atoms with van der Waals surface area (Å²) in [6.45, 7) is 4.26. The van der Waals surface area contributed by atoms with Gasteiger partial charge in [0.2, 0.25) is 0 Å². The Hall–Kier alpha value is -3.86. The van der Waals surface area contributed by atoms with Crippen LogP contribution in [0.3, 0.4) is 0 Å².